The summed E-state index contributed by atoms with van der Waals surface area (Å²) >= 11 is 0. The zero-order valence-corrected chi connectivity index (χ0v) is 12.4. The molecule has 1 fully saturated rings. The molecule has 0 amide bonds. The summed E-state index contributed by atoms with van der Waals surface area (Å²) in [6.07, 6.45) is 3.77. The van der Waals surface area contributed by atoms with Crippen molar-refractivity contribution in [3.05, 3.63) is 34.9 Å². The van der Waals surface area contributed by atoms with Gasteiger partial charge in [-0.05, 0) is 51.3 Å². The first-order chi connectivity index (χ1) is 9.10. The van der Waals surface area contributed by atoms with Crippen LogP contribution in [0.5, 0.6) is 0 Å². The van der Waals surface area contributed by atoms with E-state index < -0.39 is 0 Å². The van der Waals surface area contributed by atoms with Gasteiger partial charge in [0.15, 0.2) is 5.78 Å². The van der Waals surface area contributed by atoms with E-state index >= 15 is 0 Å². The molecule has 104 valence electrons. The Morgan fingerprint density at radius 1 is 1.26 bits per heavy atom. The molecular weight excluding hydrogens is 234 g/mol. The maximum atomic E-state index is 12.4. The van der Waals surface area contributed by atoms with Gasteiger partial charge >= 0.3 is 0 Å². The lowest BCUT2D eigenvalue weighted by atomic mass is 9.94. The highest BCUT2D eigenvalue weighted by Gasteiger charge is 2.20. The Hall–Kier alpha value is -1.15. The standard InChI is InChI=1S/C17H25NO/c1-4-15-7-9-18(10-8-15)12-17(19)16-6-5-13(2)11-14(16)3/h5-6,11,15H,4,7-10,12H2,1-3H3. The van der Waals surface area contributed by atoms with Gasteiger partial charge in [0.2, 0.25) is 0 Å². The molecule has 1 aromatic carbocycles. The van der Waals surface area contributed by atoms with Gasteiger partial charge in [-0.15, -0.1) is 0 Å². The third-order valence-electron chi connectivity index (χ3n) is 4.33. The van der Waals surface area contributed by atoms with Crippen molar-refractivity contribution < 1.29 is 4.79 Å². The minimum Gasteiger partial charge on any atom is -0.296 e. The molecule has 0 bridgehead atoms. The van der Waals surface area contributed by atoms with Crippen LogP contribution >= 0.6 is 0 Å². The smallest absolute Gasteiger partial charge is 0.177 e. The Morgan fingerprint density at radius 3 is 2.53 bits per heavy atom. The topological polar surface area (TPSA) is 20.3 Å². The minimum atomic E-state index is 0.271. The summed E-state index contributed by atoms with van der Waals surface area (Å²) in [5.74, 6) is 1.14. The lowest BCUT2D eigenvalue weighted by molar-refractivity contribution is 0.0894. The number of likely N-dealkylation sites (tertiary alicyclic amines) is 1. The fourth-order valence-electron chi connectivity index (χ4n) is 2.97. The molecular formula is C17H25NO. The van der Waals surface area contributed by atoms with Crippen LogP contribution in [0.25, 0.3) is 0 Å². The molecule has 1 aromatic rings. The predicted molar refractivity (Wildman–Crippen MR) is 79.7 cm³/mol. The van der Waals surface area contributed by atoms with Crippen LogP contribution in [0, 0.1) is 19.8 Å². The van der Waals surface area contributed by atoms with E-state index in [2.05, 4.69) is 24.8 Å². The van der Waals surface area contributed by atoms with Crippen LogP contribution in [0.2, 0.25) is 0 Å². The van der Waals surface area contributed by atoms with Gasteiger partial charge in [0.25, 0.3) is 0 Å². The Balaban J connectivity index is 1.94. The predicted octanol–water partition coefficient (Wildman–Crippen LogP) is 3.61. The first-order valence-electron chi connectivity index (χ1n) is 7.43. The van der Waals surface area contributed by atoms with E-state index in [0.717, 1.165) is 30.1 Å². The van der Waals surface area contributed by atoms with Gasteiger partial charge in [0.05, 0.1) is 6.54 Å². The van der Waals surface area contributed by atoms with Crippen molar-refractivity contribution >= 4 is 5.78 Å². The zero-order chi connectivity index (χ0) is 13.8. The highest BCUT2D eigenvalue weighted by Crippen LogP contribution is 2.20. The van der Waals surface area contributed by atoms with Gasteiger partial charge in [-0.25, -0.2) is 0 Å². The normalized spacial score (nSPS) is 17.6. The Bertz CT molecular complexity index is 445. The maximum absolute atomic E-state index is 12.4. The molecule has 0 spiro atoms. The van der Waals surface area contributed by atoms with Crippen LogP contribution in [-0.4, -0.2) is 30.3 Å². The largest absolute Gasteiger partial charge is 0.296 e. The number of piperidine rings is 1. The van der Waals surface area contributed by atoms with Gasteiger partial charge in [-0.2, -0.15) is 0 Å². The molecule has 0 N–H and O–H groups in total. The van der Waals surface area contributed by atoms with E-state index in [1.807, 2.05) is 19.1 Å². The van der Waals surface area contributed by atoms with Crippen molar-refractivity contribution in [1.29, 1.82) is 0 Å². The number of hydrogen-bond donors (Lipinski definition) is 0. The molecule has 0 atom stereocenters. The van der Waals surface area contributed by atoms with E-state index in [-0.39, 0.29) is 5.78 Å². The van der Waals surface area contributed by atoms with Crippen molar-refractivity contribution in [2.75, 3.05) is 19.6 Å². The Morgan fingerprint density at radius 2 is 1.95 bits per heavy atom. The second-order valence-electron chi connectivity index (χ2n) is 5.87. The highest BCUT2D eigenvalue weighted by atomic mass is 16.1. The maximum Gasteiger partial charge on any atom is 0.177 e. The summed E-state index contributed by atoms with van der Waals surface area (Å²) in [6.45, 7) is 9.10. The van der Waals surface area contributed by atoms with Gasteiger partial charge < -0.3 is 0 Å². The average molecular weight is 259 g/mol. The van der Waals surface area contributed by atoms with Crippen LogP contribution in [0.15, 0.2) is 18.2 Å². The van der Waals surface area contributed by atoms with Crippen LogP contribution < -0.4 is 0 Å². The van der Waals surface area contributed by atoms with Gasteiger partial charge in [0.1, 0.15) is 0 Å². The quantitative estimate of drug-likeness (QED) is 0.770. The van der Waals surface area contributed by atoms with Crippen LogP contribution in [0.3, 0.4) is 0 Å². The molecule has 1 saturated heterocycles. The van der Waals surface area contributed by atoms with E-state index in [1.54, 1.807) is 0 Å². The lowest BCUT2D eigenvalue weighted by Gasteiger charge is -2.30. The van der Waals surface area contributed by atoms with Crippen LogP contribution in [0.1, 0.15) is 47.7 Å². The molecule has 2 heteroatoms. The number of rotatable bonds is 4. The third-order valence-corrected chi connectivity index (χ3v) is 4.33. The number of aryl methyl sites for hydroxylation is 2. The Kier molecular flexibility index (Phi) is 4.76. The fourth-order valence-corrected chi connectivity index (χ4v) is 2.97. The monoisotopic (exact) mass is 259 g/mol. The third kappa shape index (κ3) is 3.66. The highest BCUT2D eigenvalue weighted by molar-refractivity contribution is 5.98. The number of benzene rings is 1. The molecule has 0 radical (unpaired) electrons. The number of carbonyl (C=O) groups is 1. The van der Waals surface area contributed by atoms with Gasteiger partial charge in [-0.1, -0.05) is 37.1 Å². The molecule has 0 aromatic heterocycles. The number of ketones is 1. The van der Waals surface area contributed by atoms with E-state index in [9.17, 15) is 4.79 Å². The van der Waals surface area contributed by atoms with E-state index in [0.29, 0.717) is 6.54 Å². The SMILES string of the molecule is CCC1CCN(CC(=O)c2ccc(C)cc2C)CC1. The van der Waals surface area contributed by atoms with Crippen LogP contribution in [0.4, 0.5) is 0 Å². The number of nitrogens with zero attached hydrogens (tertiary/aromatic N) is 1. The van der Waals surface area contributed by atoms with Crippen molar-refractivity contribution in [2.24, 2.45) is 5.92 Å². The molecule has 1 heterocycles. The van der Waals surface area contributed by atoms with Crippen molar-refractivity contribution in [3.8, 4) is 0 Å². The van der Waals surface area contributed by atoms with Crippen LogP contribution in [-0.2, 0) is 0 Å². The summed E-state index contributed by atoms with van der Waals surface area (Å²) in [5, 5.41) is 0. The molecule has 0 saturated carbocycles. The molecule has 19 heavy (non-hydrogen) atoms. The zero-order valence-electron chi connectivity index (χ0n) is 12.4. The van der Waals surface area contributed by atoms with Crippen molar-refractivity contribution in [2.45, 2.75) is 40.0 Å². The van der Waals surface area contributed by atoms with Gasteiger partial charge in [-0.3, -0.25) is 9.69 Å². The molecule has 0 aliphatic carbocycles. The van der Waals surface area contributed by atoms with E-state index in [4.69, 9.17) is 0 Å². The summed E-state index contributed by atoms with van der Waals surface area (Å²) in [4.78, 5) is 14.7. The molecule has 2 nitrogen and oxygen atoms in total. The minimum absolute atomic E-state index is 0.271. The number of Topliss-reactive ketones (excluding diaryl/α,β-unsaturated/α-hetero) is 1. The first-order valence-corrected chi connectivity index (χ1v) is 7.43. The summed E-state index contributed by atoms with van der Waals surface area (Å²) in [6, 6.07) is 6.10. The fraction of sp³-hybridized carbons (Fsp3) is 0.588. The lowest BCUT2D eigenvalue weighted by Crippen LogP contribution is -2.37. The molecule has 2 rings (SSSR count). The van der Waals surface area contributed by atoms with Crippen molar-refractivity contribution in [3.63, 3.8) is 0 Å². The number of hydrogen-bond acceptors (Lipinski definition) is 2. The average Bonchev–Trinajstić information content (AvgIpc) is 2.39. The molecule has 1 aliphatic heterocycles. The summed E-state index contributed by atoms with van der Waals surface area (Å²) in [7, 11) is 0. The summed E-state index contributed by atoms with van der Waals surface area (Å²) in [5.41, 5.74) is 3.22. The Labute approximate surface area is 116 Å². The summed E-state index contributed by atoms with van der Waals surface area (Å²) < 4.78 is 0. The van der Waals surface area contributed by atoms with Crippen molar-refractivity contribution in [1.82, 2.24) is 4.90 Å². The number of carbonyl (C=O) groups excluding carboxylic acids is 1. The molecule has 0 unspecified atom stereocenters. The van der Waals surface area contributed by atoms with E-state index in [1.165, 1.54) is 24.8 Å². The first kappa shape index (κ1) is 14.3. The van der Waals surface area contributed by atoms with Gasteiger partial charge in [0, 0.05) is 5.56 Å². The second kappa shape index (κ2) is 6.33. The molecule has 1 aliphatic rings. The second-order valence-corrected chi connectivity index (χ2v) is 5.87.